The molecule has 234 valence electrons. The van der Waals surface area contributed by atoms with Crippen LogP contribution >= 0.6 is 0 Å². The third-order valence-electron chi connectivity index (χ3n) is 6.70. The van der Waals surface area contributed by atoms with Crippen molar-refractivity contribution in [2.45, 2.75) is 38.3 Å². The first kappa shape index (κ1) is 32.0. The number of amidine groups is 1. The first-order valence-corrected chi connectivity index (χ1v) is 13.4. The Morgan fingerprint density at radius 1 is 1.00 bits per heavy atom. The number of nitrogens with two attached hydrogens (primary N) is 1. The number of nitrogen functional groups attached to an aromatic ring is 1. The van der Waals surface area contributed by atoms with Crippen LogP contribution in [0.2, 0.25) is 0 Å². The van der Waals surface area contributed by atoms with Gasteiger partial charge >= 0.3 is 0 Å². The van der Waals surface area contributed by atoms with E-state index in [4.69, 9.17) is 20.6 Å². The van der Waals surface area contributed by atoms with Crippen LogP contribution in [0, 0.1) is 11.2 Å². The van der Waals surface area contributed by atoms with Gasteiger partial charge in [-0.05, 0) is 60.0 Å². The van der Waals surface area contributed by atoms with Crippen LogP contribution in [-0.4, -0.2) is 55.7 Å². The molecule has 44 heavy (non-hydrogen) atoms. The van der Waals surface area contributed by atoms with E-state index < -0.39 is 55.5 Å². The lowest BCUT2D eigenvalue weighted by Crippen LogP contribution is -2.35. The van der Waals surface area contributed by atoms with Gasteiger partial charge in [0.25, 0.3) is 12.9 Å². The topological polar surface area (TPSA) is 130 Å². The Hall–Kier alpha value is -4.88. The molecule has 1 aliphatic heterocycles. The number of hydrogen-bond acceptors (Lipinski definition) is 6. The third-order valence-corrected chi connectivity index (χ3v) is 6.70. The molecule has 4 bridgehead atoms. The number of anilines is 2. The number of nitrogens with zero attached hydrogens (tertiary/aromatic N) is 1. The first-order chi connectivity index (χ1) is 20.9. The summed E-state index contributed by atoms with van der Waals surface area (Å²) in [5.74, 6) is -2.62. The summed E-state index contributed by atoms with van der Waals surface area (Å²) < 4.78 is 77.1. The molecule has 0 unspecified atom stereocenters. The molecule has 0 aliphatic carbocycles. The summed E-state index contributed by atoms with van der Waals surface area (Å²) in [6, 6.07) is 12.0. The Morgan fingerprint density at radius 3 is 2.34 bits per heavy atom. The maximum absolute atomic E-state index is 15.1. The maximum Gasteiger partial charge on any atom is 0.272 e. The van der Waals surface area contributed by atoms with Crippen LogP contribution in [0.1, 0.15) is 34.7 Å². The third kappa shape index (κ3) is 8.14. The Balaban J connectivity index is 1.78. The lowest BCUT2D eigenvalue weighted by molar-refractivity contribution is -0.131. The van der Waals surface area contributed by atoms with E-state index in [9.17, 15) is 27.2 Å². The molecule has 1 heterocycles. The zero-order valence-electron chi connectivity index (χ0n) is 23.5. The summed E-state index contributed by atoms with van der Waals surface area (Å²) in [7, 11) is 1.42. The van der Waals surface area contributed by atoms with Crippen LogP contribution in [0.25, 0.3) is 0 Å². The smallest absolute Gasteiger partial charge is 0.272 e. The van der Waals surface area contributed by atoms with Gasteiger partial charge < -0.3 is 30.7 Å². The number of halogens is 5. The number of likely N-dealkylation sites (N-methyl/N-ethyl adjacent to an activating group) is 1. The first-order valence-electron chi connectivity index (χ1n) is 13.4. The minimum Gasteiger partial charge on any atom is -0.487 e. The van der Waals surface area contributed by atoms with Crippen LogP contribution in [0.3, 0.4) is 0 Å². The van der Waals surface area contributed by atoms with Crippen LogP contribution in [-0.2, 0) is 22.6 Å². The molecule has 0 saturated carbocycles. The number of ether oxygens (including phenoxy) is 2. The second-order valence-electron chi connectivity index (χ2n) is 10.0. The average molecular weight is 620 g/mol. The molecular formula is C30H30F5N5O4. The van der Waals surface area contributed by atoms with Gasteiger partial charge in [-0.1, -0.05) is 6.07 Å². The predicted molar refractivity (Wildman–Crippen MR) is 153 cm³/mol. The molecule has 3 aromatic carbocycles. The van der Waals surface area contributed by atoms with Crippen molar-refractivity contribution in [2.24, 2.45) is 5.73 Å². The van der Waals surface area contributed by atoms with Gasteiger partial charge in [0.2, 0.25) is 11.8 Å². The van der Waals surface area contributed by atoms with Gasteiger partial charge in [-0.25, -0.2) is 22.0 Å². The monoisotopic (exact) mass is 619 g/mol. The number of aryl methyl sites for hydroxylation is 1. The fourth-order valence-corrected chi connectivity index (χ4v) is 4.64. The van der Waals surface area contributed by atoms with E-state index in [2.05, 4.69) is 10.6 Å². The summed E-state index contributed by atoms with van der Waals surface area (Å²) in [4.78, 5) is 28.0. The second kappa shape index (κ2) is 14.1. The number of alkyl halides is 4. The summed E-state index contributed by atoms with van der Waals surface area (Å²) in [6.45, 7) is -2.26. The number of carbonyl (C=O) groups is 2. The zero-order valence-corrected chi connectivity index (χ0v) is 23.5. The summed E-state index contributed by atoms with van der Waals surface area (Å²) >= 11 is 0. The number of amides is 2. The standard InChI is InChI=1S/C30H30F5N5O4/c1-40-13-19-11-21(12-22(31)28(19)44-15-25(34)35)38-26(41)9-5-17-10-18(4-8-23(17)43-14-24(32)33)27(30(40)42)39-20-6-2-16(3-7-20)29(36)37/h2-4,6-8,10-12,24-25,27,39H,5,9,13-15H2,1H3,(H3,36,37)(H,38,41)/t27-/m1/s1. The number of carbonyl (C=O) groups excluding carboxylic acids is 2. The summed E-state index contributed by atoms with van der Waals surface area (Å²) in [6.07, 6.45) is -5.77. The van der Waals surface area contributed by atoms with Crippen molar-refractivity contribution in [3.8, 4) is 11.5 Å². The summed E-state index contributed by atoms with van der Waals surface area (Å²) in [5, 5.41) is 13.3. The van der Waals surface area contributed by atoms with Crippen molar-refractivity contribution in [1.82, 2.24) is 4.90 Å². The van der Waals surface area contributed by atoms with Crippen molar-refractivity contribution in [1.29, 1.82) is 5.41 Å². The summed E-state index contributed by atoms with van der Waals surface area (Å²) in [5.41, 5.74) is 7.28. The van der Waals surface area contributed by atoms with E-state index in [0.29, 0.717) is 22.4 Å². The van der Waals surface area contributed by atoms with E-state index in [1.807, 2.05) is 0 Å². The molecule has 0 radical (unpaired) electrons. The number of fused-ring (bicyclic) bond motifs is 4. The molecule has 9 nitrogen and oxygen atoms in total. The molecular weight excluding hydrogens is 589 g/mol. The molecule has 1 atom stereocenters. The largest absolute Gasteiger partial charge is 0.487 e. The van der Waals surface area contributed by atoms with Crippen molar-refractivity contribution in [3.05, 3.63) is 82.7 Å². The highest BCUT2D eigenvalue weighted by atomic mass is 19.3. The number of benzene rings is 3. The molecule has 3 aromatic rings. The fourth-order valence-electron chi connectivity index (χ4n) is 4.64. The van der Waals surface area contributed by atoms with E-state index in [1.165, 1.54) is 30.1 Å². The number of hydrogen-bond donors (Lipinski definition) is 4. The van der Waals surface area contributed by atoms with Crippen LogP contribution in [0.5, 0.6) is 11.5 Å². The molecule has 5 N–H and O–H groups in total. The van der Waals surface area contributed by atoms with Gasteiger partial charge in [-0.15, -0.1) is 0 Å². The SMILES string of the molecule is CN1Cc2cc(cc(F)c2OCC(F)F)NC(=O)CCc2cc(ccc2OCC(F)F)[C@@H](Nc2ccc(C(=N)N)cc2)C1=O. The fraction of sp³-hybridized carbons (Fsp3) is 0.300. The molecule has 0 saturated heterocycles. The second-order valence-corrected chi connectivity index (χ2v) is 10.0. The predicted octanol–water partition coefficient (Wildman–Crippen LogP) is 5.09. The van der Waals surface area contributed by atoms with Gasteiger partial charge in [0.1, 0.15) is 30.8 Å². The highest BCUT2D eigenvalue weighted by Gasteiger charge is 2.28. The van der Waals surface area contributed by atoms with Crippen molar-refractivity contribution in [3.63, 3.8) is 0 Å². The lowest BCUT2D eigenvalue weighted by Gasteiger charge is -2.28. The zero-order chi connectivity index (χ0) is 32.0. The Kier molecular flexibility index (Phi) is 10.2. The van der Waals surface area contributed by atoms with E-state index in [-0.39, 0.29) is 42.2 Å². The van der Waals surface area contributed by atoms with E-state index >= 15 is 4.39 Å². The maximum atomic E-state index is 15.1. The van der Waals surface area contributed by atoms with Crippen LogP contribution < -0.4 is 25.8 Å². The van der Waals surface area contributed by atoms with Crippen LogP contribution in [0.15, 0.2) is 54.6 Å². The molecule has 0 spiro atoms. The van der Waals surface area contributed by atoms with Crippen molar-refractivity contribution in [2.75, 3.05) is 30.9 Å². The Morgan fingerprint density at radius 2 is 1.68 bits per heavy atom. The number of rotatable bonds is 9. The molecule has 0 aromatic heterocycles. The minimum absolute atomic E-state index is 0.00738. The van der Waals surface area contributed by atoms with E-state index in [0.717, 1.165) is 6.07 Å². The van der Waals surface area contributed by atoms with Gasteiger partial charge in [0, 0.05) is 48.6 Å². The highest BCUT2D eigenvalue weighted by Crippen LogP contribution is 2.32. The van der Waals surface area contributed by atoms with Crippen molar-refractivity contribution >= 4 is 29.0 Å². The Labute approximate surface area is 249 Å². The van der Waals surface area contributed by atoms with Crippen LogP contribution in [0.4, 0.5) is 33.3 Å². The minimum atomic E-state index is -2.89. The Bertz CT molecular complexity index is 1520. The lowest BCUT2D eigenvalue weighted by atomic mass is 9.98. The average Bonchev–Trinajstić information content (AvgIpc) is 2.96. The highest BCUT2D eigenvalue weighted by molar-refractivity contribution is 5.95. The van der Waals surface area contributed by atoms with E-state index in [1.54, 1.807) is 30.3 Å². The van der Waals surface area contributed by atoms with Gasteiger partial charge in [-0.3, -0.25) is 15.0 Å². The molecule has 4 rings (SSSR count). The number of nitrogens with one attached hydrogen (secondary N) is 3. The van der Waals surface area contributed by atoms with Crippen molar-refractivity contribution < 1.29 is 41.0 Å². The quantitative estimate of drug-likeness (QED) is 0.150. The van der Waals surface area contributed by atoms with Gasteiger partial charge in [-0.2, -0.15) is 0 Å². The molecule has 14 heteroatoms. The van der Waals surface area contributed by atoms with Gasteiger partial charge in [0.05, 0.1) is 0 Å². The van der Waals surface area contributed by atoms with Gasteiger partial charge in [0.15, 0.2) is 11.6 Å². The molecule has 1 aliphatic rings. The molecule has 2 amide bonds. The normalized spacial score (nSPS) is 15.5. The molecule has 0 fully saturated rings.